The first kappa shape index (κ1) is 11.4. The van der Waals surface area contributed by atoms with E-state index in [2.05, 4.69) is 5.32 Å². The summed E-state index contributed by atoms with van der Waals surface area (Å²) in [6.07, 6.45) is 3.05. The smallest absolute Gasteiger partial charge is 0.245 e. The molecule has 0 aromatic carbocycles. The fraction of sp³-hybridized carbons (Fsp3) is 0.818. The van der Waals surface area contributed by atoms with Crippen LogP contribution in [0.3, 0.4) is 0 Å². The molecular weight excluding hydrogens is 208 g/mol. The standard InChI is InChI=1S/C11H18N2O3/c1-7-11(15)13(6-10(14)12-7)8-4-3-5-9(8)16-2/h7-9H,3-6H2,1-2H3,(H,12,14). The predicted octanol–water partition coefficient (Wildman–Crippen LogP) is -0.0992. The summed E-state index contributed by atoms with van der Waals surface area (Å²) in [5, 5.41) is 2.64. The zero-order valence-electron chi connectivity index (χ0n) is 9.73. The van der Waals surface area contributed by atoms with Gasteiger partial charge in [-0.25, -0.2) is 0 Å². The number of amides is 2. The van der Waals surface area contributed by atoms with Crippen molar-refractivity contribution >= 4 is 11.8 Å². The number of hydrogen-bond donors (Lipinski definition) is 1. The van der Waals surface area contributed by atoms with Crippen LogP contribution in [0, 0.1) is 0 Å². The van der Waals surface area contributed by atoms with Gasteiger partial charge in [-0.2, -0.15) is 0 Å². The molecule has 0 radical (unpaired) electrons. The summed E-state index contributed by atoms with van der Waals surface area (Å²) in [6, 6.07) is -0.328. The first-order valence-electron chi connectivity index (χ1n) is 5.76. The van der Waals surface area contributed by atoms with E-state index >= 15 is 0 Å². The van der Waals surface area contributed by atoms with Gasteiger partial charge in [0.25, 0.3) is 0 Å². The highest BCUT2D eigenvalue weighted by Gasteiger charge is 2.39. The molecule has 1 saturated carbocycles. The average molecular weight is 226 g/mol. The molecule has 16 heavy (non-hydrogen) atoms. The van der Waals surface area contributed by atoms with Crippen LogP contribution in [0.4, 0.5) is 0 Å². The Kier molecular flexibility index (Phi) is 3.14. The van der Waals surface area contributed by atoms with E-state index in [0.717, 1.165) is 19.3 Å². The Bertz CT molecular complexity index is 306. The van der Waals surface area contributed by atoms with Crippen molar-refractivity contribution in [2.24, 2.45) is 0 Å². The topological polar surface area (TPSA) is 58.6 Å². The maximum absolute atomic E-state index is 12.0. The van der Waals surface area contributed by atoms with Crippen LogP contribution in [0.15, 0.2) is 0 Å². The van der Waals surface area contributed by atoms with Gasteiger partial charge in [-0.15, -0.1) is 0 Å². The molecule has 2 amide bonds. The van der Waals surface area contributed by atoms with Crippen LogP contribution in [0.5, 0.6) is 0 Å². The molecular formula is C11H18N2O3. The molecule has 5 heteroatoms. The number of nitrogens with zero attached hydrogens (tertiary/aromatic N) is 1. The van der Waals surface area contributed by atoms with E-state index in [1.807, 2.05) is 0 Å². The highest BCUT2D eigenvalue weighted by molar-refractivity contribution is 5.94. The van der Waals surface area contributed by atoms with Crippen molar-refractivity contribution in [3.63, 3.8) is 0 Å². The van der Waals surface area contributed by atoms with E-state index in [1.165, 1.54) is 0 Å². The number of hydrogen-bond acceptors (Lipinski definition) is 3. The second-order valence-corrected chi connectivity index (χ2v) is 4.53. The van der Waals surface area contributed by atoms with Crippen LogP contribution in [0.2, 0.25) is 0 Å². The van der Waals surface area contributed by atoms with Gasteiger partial charge in [-0.3, -0.25) is 9.59 Å². The minimum atomic E-state index is -0.403. The van der Waals surface area contributed by atoms with Crippen molar-refractivity contribution in [2.75, 3.05) is 13.7 Å². The summed E-state index contributed by atoms with van der Waals surface area (Å²) < 4.78 is 5.37. The van der Waals surface area contributed by atoms with Crippen LogP contribution in [-0.4, -0.2) is 48.6 Å². The lowest BCUT2D eigenvalue weighted by Crippen LogP contribution is -2.61. The maximum atomic E-state index is 12.0. The molecule has 90 valence electrons. The third kappa shape index (κ3) is 1.91. The second-order valence-electron chi connectivity index (χ2n) is 4.53. The lowest BCUT2D eigenvalue weighted by atomic mass is 10.1. The van der Waals surface area contributed by atoms with Crippen LogP contribution < -0.4 is 5.32 Å². The van der Waals surface area contributed by atoms with Gasteiger partial charge in [0, 0.05) is 7.11 Å². The number of carbonyl (C=O) groups is 2. The Morgan fingerprint density at radius 2 is 2.12 bits per heavy atom. The number of rotatable bonds is 2. The van der Waals surface area contributed by atoms with Gasteiger partial charge in [-0.1, -0.05) is 0 Å². The Labute approximate surface area is 95.1 Å². The van der Waals surface area contributed by atoms with Crippen LogP contribution in [0.25, 0.3) is 0 Å². The predicted molar refractivity (Wildman–Crippen MR) is 57.8 cm³/mol. The fourth-order valence-corrected chi connectivity index (χ4v) is 2.65. The maximum Gasteiger partial charge on any atom is 0.245 e. The number of carbonyl (C=O) groups excluding carboxylic acids is 2. The molecule has 0 aromatic rings. The number of nitrogens with one attached hydrogen (secondary N) is 1. The molecule has 1 saturated heterocycles. The Morgan fingerprint density at radius 1 is 1.38 bits per heavy atom. The molecule has 2 aliphatic rings. The van der Waals surface area contributed by atoms with Gasteiger partial charge in [-0.05, 0) is 26.2 Å². The summed E-state index contributed by atoms with van der Waals surface area (Å²) in [7, 11) is 1.67. The summed E-state index contributed by atoms with van der Waals surface area (Å²) in [5.74, 6) is -0.0672. The van der Waals surface area contributed by atoms with Crippen LogP contribution in [0.1, 0.15) is 26.2 Å². The summed E-state index contributed by atoms with van der Waals surface area (Å²) >= 11 is 0. The molecule has 1 aliphatic carbocycles. The molecule has 0 spiro atoms. The lowest BCUT2D eigenvalue weighted by Gasteiger charge is -2.37. The summed E-state index contributed by atoms with van der Waals surface area (Å²) in [4.78, 5) is 25.1. The molecule has 0 bridgehead atoms. The Balaban J connectivity index is 2.12. The van der Waals surface area contributed by atoms with E-state index < -0.39 is 6.04 Å². The molecule has 3 unspecified atom stereocenters. The van der Waals surface area contributed by atoms with Gasteiger partial charge < -0.3 is 15.0 Å². The molecule has 2 rings (SSSR count). The molecule has 3 atom stereocenters. The highest BCUT2D eigenvalue weighted by Crippen LogP contribution is 2.27. The largest absolute Gasteiger partial charge is 0.379 e. The van der Waals surface area contributed by atoms with Crippen molar-refractivity contribution in [3.05, 3.63) is 0 Å². The third-order valence-corrected chi connectivity index (χ3v) is 3.47. The van der Waals surface area contributed by atoms with Gasteiger partial charge in [0.1, 0.15) is 6.04 Å². The number of methoxy groups -OCH3 is 1. The normalized spacial score (nSPS) is 35.4. The fourth-order valence-electron chi connectivity index (χ4n) is 2.65. The molecule has 1 aliphatic heterocycles. The SMILES string of the molecule is COC1CCCC1N1CC(=O)NC(C)C1=O. The van der Waals surface area contributed by atoms with Crippen LogP contribution in [-0.2, 0) is 14.3 Å². The summed E-state index contributed by atoms with van der Waals surface area (Å²) in [5.41, 5.74) is 0. The zero-order valence-corrected chi connectivity index (χ0v) is 9.73. The Hall–Kier alpha value is -1.10. The lowest BCUT2D eigenvalue weighted by molar-refractivity contribution is -0.148. The van der Waals surface area contributed by atoms with E-state index in [1.54, 1.807) is 18.9 Å². The highest BCUT2D eigenvalue weighted by atomic mass is 16.5. The quantitative estimate of drug-likeness (QED) is 0.715. The van der Waals surface area contributed by atoms with E-state index in [4.69, 9.17) is 4.74 Å². The molecule has 0 aromatic heterocycles. The van der Waals surface area contributed by atoms with E-state index in [9.17, 15) is 9.59 Å². The Morgan fingerprint density at radius 3 is 2.81 bits per heavy atom. The third-order valence-electron chi connectivity index (χ3n) is 3.47. The van der Waals surface area contributed by atoms with Gasteiger partial charge in [0.05, 0.1) is 18.7 Å². The van der Waals surface area contributed by atoms with E-state index in [-0.39, 0.29) is 30.5 Å². The second kappa shape index (κ2) is 4.41. The van der Waals surface area contributed by atoms with Gasteiger partial charge in [0.2, 0.25) is 11.8 Å². The molecule has 2 fully saturated rings. The number of piperazine rings is 1. The average Bonchev–Trinajstić information content (AvgIpc) is 2.71. The van der Waals surface area contributed by atoms with Gasteiger partial charge >= 0.3 is 0 Å². The van der Waals surface area contributed by atoms with E-state index in [0.29, 0.717) is 0 Å². The molecule has 1 N–H and O–H groups in total. The van der Waals surface area contributed by atoms with Gasteiger partial charge in [0.15, 0.2) is 0 Å². The minimum absolute atomic E-state index is 0.00792. The van der Waals surface area contributed by atoms with Crippen LogP contribution >= 0.6 is 0 Å². The zero-order chi connectivity index (χ0) is 11.7. The monoisotopic (exact) mass is 226 g/mol. The van der Waals surface area contributed by atoms with Crippen molar-refractivity contribution in [2.45, 2.75) is 44.4 Å². The number of ether oxygens (including phenoxy) is 1. The first-order chi connectivity index (χ1) is 7.63. The first-order valence-corrected chi connectivity index (χ1v) is 5.76. The van der Waals surface area contributed by atoms with Crippen molar-refractivity contribution in [1.82, 2.24) is 10.2 Å². The van der Waals surface area contributed by atoms with Crippen molar-refractivity contribution in [1.29, 1.82) is 0 Å². The molecule has 5 nitrogen and oxygen atoms in total. The van der Waals surface area contributed by atoms with Crippen molar-refractivity contribution in [3.8, 4) is 0 Å². The van der Waals surface area contributed by atoms with Crippen molar-refractivity contribution < 1.29 is 14.3 Å². The minimum Gasteiger partial charge on any atom is -0.379 e. The summed E-state index contributed by atoms with van der Waals surface area (Å²) in [6.45, 7) is 1.90. The molecule has 1 heterocycles.